The van der Waals surface area contributed by atoms with Crippen molar-refractivity contribution in [2.24, 2.45) is 5.92 Å². The molecule has 1 aromatic carbocycles. The van der Waals surface area contributed by atoms with E-state index in [1.807, 2.05) is 37.3 Å². The molecular formula is C14H17NO2. The standard InChI is InChI=1S/C14H17NO2/c1-3-12(11-8-6-5-7-9-11)13(10-15)14(16)17-4-2/h5-9,12-13H,3-4H2,1-2H3. The average molecular weight is 231 g/mol. The van der Waals surface area contributed by atoms with Crippen LogP contribution in [0.1, 0.15) is 31.7 Å². The van der Waals surface area contributed by atoms with Gasteiger partial charge in [0.05, 0.1) is 12.7 Å². The Morgan fingerprint density at radius 1 is 1.35 bits per heavy atom. The van der Waals surface area contributed by atoms with E-state index in [0.717, 1.165) is 12.0 Å². The van der Waals surface area contributed by atoms with E-state index < -0.39 is 11.9 Å². The van der Waals surface area contributed by atoms with Gasteiger partial charge in [-0.1, -0.05) is 37.3 Å². The minimum atomic E-state index is -0.720. The van der Waals surface area contributed by atoms with Crippen LogP contribution in [0.2, 0.25) is 0 Å². The molecule has 2 unspecified atom stereocenters. The second-order valence-corrected chi connectivity index (χ2v) is 3.78. The fraction of sp³-hybridized carbons (Fsp3) is 0.429. The van der Waals surface area contributed by atoms with E-state index in [1.54, 1.807) is 6.92 Å². The zero-order valence-corrected chi connectivity index (χ0v) is 10.2. The number of rotatable bonds is 5. The molecule has 0 aliphatic rings. The van der Waals surface area contributed by atoms with Crippen molar-refractivity contribution in [3.05, 3.63) is 35.9 Å². The number of benzene rings is 1. The van der Waals surface area contributed by atoms with E-state index in [2.05, 4.69) is 6.07 Å². The summed E-state index contributed by atoms with van der Waals surface area (Å²) in [5.74, 6) is -1.24. The first-order valence-electron chi connectivity index (χ1n) is 5.85. The Labute approximate surface area is 102 Å². The number of esters is 1. The maximum absolute atomic E-state index is 11.7. The molecule has 3 heteroatoms. The van der Waals surface area contributed by atoms with Crippen molar-refractivity contribution in [2.75, 3.05) is 6.61 Å². The molecule has 0 saturated heterocycles. The molecule has 1 rings (SSSR count). The number of nitriles is 1. The number of hydrogen-bond acceptors (Lipinski definition) is 3. The van der Waals surface area contributed by atoms with Gasteiger partial charge >= 0.3 is 5.97 Å². The molecule has 0 aromatic heterocycles. The van der Waals surface area contributed by atoms with Crippen molar-refractivity contribution in [2.45, 2.75) is 26.2 Å². The minimum Gasteiger partial charge on any atom is -0.465 e. The van der Waals surface area contributed by atoms with E-state index in [1.165, 1.54) is 0 Å². The van der Waals surface area contributed by atoms with Gasteiger partial charge in [0, 0.05) is 5.92 Å². The Morgan fingerprint density at radius 2 is 2.00 bits per heavy atom. The van der Waals surface area contributed by atoms with E-state index in [9.17, 15) is 4.79 Å². The summed E-state index contributed by atoms with van der Waals surface area (Å²) in [5, 5.41) is 9.14. The molecule has 0 bridgehead atoms. The van der Waals surface area contributed by atoms with Crippen molar-refractivity contribution in [3.8, 4) is 6.07 Å². The third-order valence-corrected chi connectivity index (χ3v) is 2.75. The van der Waals surface area contributed by atoms with Gasteiger partial charge in [0.15, 0.2) is 5.92 Å². The normalized spacial score (nSPS) is 13.5. The van der Waals surface area contributed by atoms with E-state index in [4.69, 9.17) is 10.00 Å². The number of hydrogen-bond donors (Lipinski definition) is 0. The van der Waals surface area contributed by atoms with Crippen molar-refractivity contribution in [1.29, 1.82) is 5.26 Å². The largest absolute Gasteiger partial charge is 0.465 e. The quantitative estimate of drug-likeness (QED) is 0.732. The smallest absolute Gasteiger partial charge is 0.323 e. The lowest BCUT2D eigenvalue weighted by Crippen LogP contribution is -2.23. The van der Waals surface area contributed by atoms with Gasteiger partial charge in [-0.05, 0) is 18.9 Å². The Bertz CT molecular complexity index is 394. The van der Waals surface area contributed by atoms with Crippen LogP contribution in [0.3, 0.4) is 0 Å². The highest BCUT2D eigenvalue weighted by Crippen LogP contribution is 2.28. The van der Waals surface area contributed by atoms with Crippen molar-refractivity contribution >= 4 is 5.97 Å². The van der Waals surface area contributed by atoms with Crippen LogP contribution in [0.4, 0.5) is 0 Å². The Balaban J connectivity index is 2.93. The molecule has 0 aliphatic carbocycles. The lowest BCUT2D eigenvalue weighted by Gasteiger charge is -2.19. The molecule has 0 fully saturated rings. The van der Waals surface area contributed by atoms with Gasteiger partial charge in [0.2, 0.25) is 0 Å². The summed E-state index contributed by atoms with van der Waals surface area (Å²) in [4.78, 5) is 11.7. The minimum absolute atomic E-state index is 0.0970. The maximum atomic E-state index is 11.7. The highest BCUT2D eigenvalue weighted by atomic mass is 16.5. The van der Waals surface area contributed by atoms with Crippen LogP contribution in [0.25, 0.3) is 0 Å². The molecule has 0 N–H and O–H groups in total. The predicted octanol–water partition coefficient (Wildman–Crippen LogP) is 2.88. The molecule has 0 heterocycles. The van der Waals surface area contributed by atoms with Crippen LogP contribution in [-0.2, 0) is 9.53 Å². The summed E-state index contributed by atoms with van der Waals surface area (Å²) in [6.07, 6.45) is 0.737. The van der Waals surface area contributed by atoms with Crippen molar-refractivity contribution in [1.82, 2.24) is 0 Å². The molecule has 1 aromatic rings. The lowest BCUT2D eigenvalue weighted by atomic mass is 9.85. The molecule has 0 amide bonds. The molecule has 90 valence electrons. The van der Waals surface area contributed by atoms with Gasteiger partial charge in [-0.25, -0.2) is 0 Å². The first-order chi connectivity index (χ1) is 8.24. The molecule has 0 spiro atoms. The number of carbonyl (C=O) groups is 1. The first kappa shape index (κ1) is 13.2. The lowest BCUT2D eigenvalue weighted by molar-refractivity contribution is -0.146. The monoisotopic (exact) mass is 231 g/mol. The van der Waals surface area contributed by atoms with E-state index >= 15 is 0 Å². The summed E-state index contributed by atoms with van der Waals surface area (Å²) in [5.41, 5.74) is 1.01. The fourth-order valence-corrected chi connectivity index (χ4v) is 1.90. The third kappa shape index (κ3) is 3.32. The zero-order valence-electron chi connectivity index (χ0n) is 10.2. The average Bonchev–Trinajstić information content (AvgIpc) is 2.37. The van der Waals surface area contributed by atoms with Crippen molar-refractivity contribution in [3.63, 3.8) is 0 Å². The first-order valence-corrected chi connectivity index (χ1v) is 5.85. The van der Waals surface area contributed by atoms with Gasteiger partial charge in [0.25, 0.3) is 0 Å². The predicted molar refractivity (Wildman–Crippen MR) is 65.2 cm³/mol. The second kappa shape index (κ2) is 6.70. The van der Waals surface area contributed by atoms with Gasteiger partial charge in [-0.15, -0.1) is 0 Å². The van der Waals surface area contributed by atoms with E-state index in [0.29, 0.717) is 6.61 Å². The summed E-state index contributed by atoms with van der Waals surface area (Å²) in [7, 11) is 0. The van der Waals surface area contributed by atoms with Gasteiger partial charge in [0.1, 0.15) is 0 Å². The number of ether oxygens (including phenoxy) is 1. The molecular weight excluding hydrogens is 214 g/mol. The Hall–Kier alpha value is -1.82. The molecule has 2 atom stereocenters. The molecule has 0 radical (unpaired) electrons. The third-order valence-electron chi connectivity index (χ3n) is 2.75. The molecule has 0 saturated carbocycles. The van der Waals surface area contributed by atoms with Crippen molar-refractivity contribution < 1.29 is 9.53 Å². The number of carbonyl (C=O) groups excluding carboxylic acids is 1. The van der Waals surface area contributed by atoms with Crippen LogP contribution >= 0.6 is 0 Å². The van der Waals surface area contributed by atoms with Crippen LogP contribution in [0, 0.1) is 17.2 Å². The highest BCUT2D eigenvalue weighted by Gasteiger charge is 2.29. The summed E-state index contributed by atoms with van der Waals surface area (Å²) >= 11 is 0. The fourth-order valence-electron chi connectivity index (χ4n) is 1.90. The van der Waals surface area contributed by atoms with E-state index in [-0.39, 0.29) is 5.92 Å². The summed E-state index contributed by atoms with van der Waals surface area (Å²) in [6, 6.07) is 11.7. The van der Waals surface area contributed by atoms with Crippen LogP contribution in [0.15, 0.2) is 30.3 Å². The number of nitrogens with zero attached hydrogens (tertiary/aromatic N) is 1. The zero-order chi connectivity index (χ0) is 12.7. The SMILES string of the molecule is CCOC(=O)C(C#N)C(CC)c1ccccc1. The molecule has 0 aliphatic heterocycles. The van der Waals surface area contributed by atoms with Gasteiger partial charge in [-0.2, -0.15) is 5.26 Å². The van der Waals surface area contributed by atoms with Crippen LogP contribution < -0.4 is 0 Å². The Morgan fingerprint density at radius 3 is 2.47 bits per heavy atom. The van der Waals surface area contributed by atoms with Crippen LogP contribution in [0.5, 0.6) is 0 Å². The van der Waals surface area contributed by atoms with Gasteiger partial charge in [-0.3, -0.25) is 4.79 Å². The summed E-state index contributed by atoms with van der Waals surface area (Å²) in [6.45, 7) is 4.03. The molecule has 17 heavy (non-hydrogen) atoms. The second-order valence-electron chi connectivity index (χ2n) is 3.78. The maximum Gasteiger partial charge on any atom is 0.323 e. The highest BCUT2D eigenvalue weighted by molar-refractivity contribution is 5.76. The Kier molecular flexibility index (Phi) is 5.22. The van der Waals surface area contributed by atoms with Crippen LogP contribution in [-0.4, -0.2) is 12.6 Å². The summed E-state index contributed by atoms with van der Waals surface area (Å²) < 4.78 is 4.94. The topological polar surface area (TPSA) is 50.1 Å². The van der Waals surface area contributed by atoms with Gasteiger partial charge < -0.3 is 4.74 Å². The molecule has 3 nitrogen and oxygen atoms in total.